The summed E-state index contributed by atoms with van der Waals surface area (Å²) < 4.78 is 21.7. The lowest BCUT2D eigenvalue weighted by Gasteiger charge is -2.33. The molecule has 0 saturated carbocycles. The standard InChI is InChI=1S/C31H30N2O5/c1-31(2)17-22(18-32-27-7-5-6-8-28(27)35-3)25-15-20(9-12-26(25)33-31)24-11-10-23(16-29(24)36-4)38-30(34)21-13-14-37-19-21/h5-17,19,32-33H,18H2,1-4H3. The van der Waals surface area contributed by atoms with Gasteiger partial charge in [-0.2, -0.15) is 0 Å². The highest BCUT2D eigenvalue weighted by molar-refractivity contribution is 5.91. The summed E-state index contributed by atoms with van der Waals surface area (Å²) in [6, 6.07) is 21.1. The lowest BCUT2D eigenvalue weighted by Crippen LogP contribution is -2.32. The van der Waals surface area contributed by atoms with Gasteiger partial charge in [0.15, 0.2) is 0 Å². The van der Waals surface area contributed by atoms with Crippen molar-refractivity contribution in [2.24, 2.45) is 0 Å². The molecule has 194 valence electrons. The number of hydrogen-bond acceptors (Lipinski definition) is 7. The molecule has 0 radical (unpaired) electrons. The fourth-order valence-electron chi connectivity index (χ4n) is 4.63. The molecule has 0 unspecified atom stereocenters. The quantitative estimate of drug-likeness (QED) is 0.197. The Morgan fingerprint density at radius 2 is 1.76 bits per heavy atom. The van der Waals surface area contributed by atoms with E-state index >= 15 is 0 Å². The molecule has 0 spiro atoms. The van der Waals surface area contributed by atoms with Gasteiger partial charge in [-0.3, -0.25) is 0 Å². The Balaban J connectivity index is 1.44. The lowest BCUT2D eigenvalue weighted by atomic mass is 9.88. The molecular formula is C31H30N2O5. The molecule has 7 heteroatoms. The van der Waals surface area contributed by atoms with Crippen molar-refractivity contribution < 1.29 is 23.4 Å². The number of esters is 1. The second-order valence-corrected chi connectivity index (χ2v) is 9.59. The number of rotatable bonds is 8. The second kappa shape index (κ2) is 10.4. The van der Waals surface area contributed by atoms with Gasteiger partial charge in [0.25, 0.3) is 0 Å². The summed E-state index contributed by atoms with van der Waals surface area (Å²) in [5.74, 6) is 1.30. The van der Waals surface area contributed by atoms with Crippen molar-refractivity contribution in [2.45, 2.75) is 19.4 Å². The van der Waals surface area contributed by atoms with Crippen LogP contribution < -0.4 is 24.8 Å². The number of furan rings is 1. The number of benzene rings is 3. The van der Waals surface area contributed by atoms with Crippen LogP contribution in [0.4, 0.5) is 11.4 Å². The first kappa shape index (κ1) is 25.0. The zero-order chi connectivity index (χ0) is 26.7. The Bertz CT molecular complexity index is 1490. The average Bonchev–Trinajstić information content (AvgIpc) is 3.46. The third-order valence-corrected chi connectivity index (χ3v) is 6.39. The normalized spacial score (nSPS) is 13.5. The largest absolute Gasteiger partial charge is 0.496 e. The fourth-order valence-corrected chi connectivity index (χ4v) is 4.63. The van der Waals surface area contributed by atoms with Gasteiger partial charge in [-0.05, 0) is 67.4 Å². The van der Waals surface area contributed by atoms with Gasteiger partial charge in [-0.15, -0.1) is 0 Å². The van der Waals surface area contributed by atoms with Gasteiger partial charge in [0.2, 0.25) is 0 Å². The number of fused-ring (bicyclic) bond motifs is 1. The van der Waals surface area contributed by atoms with E-state index in [1.165, 1.54) is 18.1 Å². The van der Waals surface area contributed by atoms with E-state index in [2.05, 4.69) is 48.8 Å². The van der Waals surface area contributed by atoms with Gasteiger partial charge in [0.1, 0.15) is 23.5 Å². The molecule has 38 heavy (non-hydrogen) atoms. The highest BCUT2D eigenvalue weighted by atomic mass is 16.5. The number of hydrogen-bond donors (Lipinski definition) is 2. The number of ether oxygens (including phenoxy) is 3. The van der Waals surface area contributed by atoms with Crippen LogP contribution in [0.15, 0.2) is 89.7 Å². The Morgan fingerprint density at radius 1 is 0.947 bits per heavy atom. The molecule has 0 amide bonds. The number of carbonyl (C=O) groups excluding carboxylic acids is 1. The van der Waals surface area contributed by atoms with Crippen LogP contribution in [0.3, 0.4) is 0 Å². The summed E-state index contributed by atoms with van der Waals surface area (Å²) in [6.45, 7) is 4.93. The van der Waals surface area contributed by atoms with Gasteiger partial charge in [0.05, 0.1) is 37.3 Å². The summed E-state index contributed by atoms with van der Waals surface area (Å²) in [7, 11) is 3.28. The molecule has 0 fully saturated rings. The Hall–Kier alpha value is -4.65. The Labute approximate surface area is 222 Å². The van der Waals surface area contributed by atoms with Gasteiger partial charge in [-0.25, -0.2) is 4.79 Å². The van der Waals surface area contributed by atoms with Crippen LogP contribution in [0, 0.1) is 0 Å². The second-order valence-electron chi connectivity index (χ2n) is 9.59. The highest BCUT2D eigenvalue weighted by Gasteiger charge is 2.25. The van der Waals surface area contributed by atoms with Gasteiger partial charge >= 0.3 is 5.97 Å². The molecule has 1 aliphatic rings. The van der Waals surface area contributed by atoms with E-state index in [1.807, 2.05) is 30.3 Å². The number of anilines is 2. The van der Waals surface area contributed by atoms with Crippen LogP contribution in [0.5, 0.6) is 17.2 Å². The molecule has 0 saturated heterocycles. The van der Waals surface area contributed by atoms with Crippen LogP contribution in [0.25, 0.3) is 16.7 Å². The number of para-hydroxylation sites is 2. The number of nitrogens with one attached hydrogen (secondary N) is 2. The molecule has 0 atom stereocenters. The van der Waals surface area contributed by atoms with Crippen LogP contribution >= 0.6 is 0 Å². The summed E-state index contributed by atoms with van der Waals surface area (Å²) in [4.78, 5) is 12.3. The first-order chi connectivity index (χ1) is 18.4. The van der Waals surface area contributed by atoms with E-state index in [-0.39, 0.29) is 5.54 Å². The molecule has 1 aromatic heterocycles. The average molecular weight is 511 g/mol. The minimum atomic E-state index is -0.492. The van der Waals surface area contributed by atoms with E-state index in [1.54, 1.807) is 32.4 Å². The van der Waals surface area contributed by atoms with Crippen LogP contribution in [-0.4, -0.2) is 32.3 Å². The zero-order valence-corrected chi connectivity index (χ0v) is 21.8. The fraction of sp³-hybridized carbons (Fsp3) is 0.194. The predicted molar refractivity (Wildman–Crippen MR) is 149 cm³/mol. The van der Waals surface area contributed by atoms with Crippen LogP contribution in [-0.2, 0) is 0 Å². The van der Waals surface area contributed by atoms with Gasteiger partial charge in [0, 0.05) is 29.4 Å². The third-order valence-electron chi connectivity index (χ3n) is 6.39. The molecule has 4 aromatic rings. The minimum absolute atomic E-state index is 0.204. The SMILES string of the molecule is COc1ccccc1NCC1=CC(C)(C)Nc2ccc(-c3ccc(OC(=O)c4ccoc4)cc3OC)cc21. The van der Waals surface area contributed by atoms with Crippen molar-refractivity contribution in [3.8, 4) is 28.4 Å². The van der Waals surface area contributed by atoms with Crippen molar-refractivity contribution in [3.63, 3.8) is 0 Å². The zero-order valence-electron chi connectivity index (χ0n) is 21.8. The van der Waals surface area contributed by atoms with Crippen LogP contribution in [0.1, 0.15) is 29.8 Å². The molecule has 0 aliphatic carbocycles. The maximum absolute atomic E-state index is 12.3. The number of methoxy groups -OCH3 is 2. The monoisotopic (exact) mass is 510 g/mol. The van der Waals surface area contributed by atoms with Crippen molar-refractivity contribution >= 4 is 22.9 Å². The van der Waals surface area contributed by atoms with E-state index in [4.69, 9.17) is 18.6 Å². The molecule has 5 rings (SSSR count). The molecule has 2 heterocycles. The predicted octanol–water partition coefficient (Wildman–Crippen LogP) is 6.88. The summed E-state index contributed by atoms with van der Waals surface area (Å²) in [5, 5.41) is 7.14. The lowest BCUT2D eigenvalue weighted by molar-refractivity contribution is 0.0733. The topological polar surface area (TPSA) is 82.0 Å². The van der Waals surface area contributed by atoms with Crippen molar-refractivity contribution in [1.29, 1.82) is 0 Å². The molecule has 7 nitrogen and oxygen atoms in total. The van der Waals surface area contributed by atoms with E-state index in [0.29, 0.717) is 23.6 Å². The van der Waals surface area contributed by atoms with Crippen molar-refractivity contribution in [1.82, 2.24) is 0 Å². The first-order valence-electron chi connectivity index (χ1n) is 12.3. The van der Waals surface area contributed by atoms with Gasteiger partial charge in [-0.1, -0.05) is 24.3 Å². The smallest absolute Gasteiger partial charge is 0.346 e. The third kappa shape index (κ3) is 5.22. The maximum atomic E-state index is 12.3. The highest BCUT2D eigenvalue weighted by Crippen LogP contribution is 2.40. The molecule has 2 N–H and O–H groups in total. The van der Waals surface area contributed by atoms with E-state index < -0.39 is 5.97 Å². The van der Waals surface area contributed by atoms with E-state index in [0.717, 1.165) is 33.8 Å². The summed E-state index contributed by atoms with van der Waals surface area (Å²) in [6.07, 6.45) is 5.03. The van der Waals surface area contributed by atoms with E-state index in [9.17, 15) is 4.79 Å². The van der Waals surface area contributed by atoms with Crippen LogP contribution in [0.2, 0.25) is 0 Å². The van der Waals surface area contributed by atoms with Gasteiger partial charge < -0.3 is 29.3 Å². The number of carbonyl (C=O) groups is 1. The summed E-state index contributed by atoms with van der Waals surface area (Å²) in [5.41, 5.74) is 6.28. The Kier molecular flexibility index (Phi) is 6.83. The molecule has 3 aromatic carbocycles. The van der Waals surface area contributed by atoms with Crippen molar-refractivity contribution in [2.75, 3.05) is 31.4 Å². The van der Waals surface area contributed by atoms with Crippen molar-refractivity contribution in [3.05, 3.63) is 96.5 Å². The Morgan fingerprint density at radius 3 is 2.53 bits per heavy atom. The first-order valence-corrected chi connectivity index (χ1v) is 12.3. The summed E-state index contributed by atoms with van der Waals surface area (Å²) >= 11 is 0. The molecule has 0 bridgehead atoms. The minimum Gasteiger partial charge on any atom is -0.496 e. The molecule has 1 aliphatic heterocycles. The molecular weight excluding hydrogens is 480 g/mol. The maximum Gasteiger partial charge on any atom is 0.346 e.